The van der Waals surface area contributed by atoms with Gasteiger partial charge in [-0.1, -0.05) is 30.3 Å². The second kappa shape index (κ2) is 7.79. The van der Waals surface area contributed by atoms with Crippen LogP contribution in [0.2, 0.25) is 0 Å². The smallest absolute Gasteiger partial charge is 0.240 e. The van der Waals surface area contributed by atoms with Crippen LogP contribution < -0.4 is 5.32 Å². The number of rotatable bonds is 5. The average Bonchev–Trinajstić information content (AvgIpc) is 2.97. The zero-order chi connectivity index (χ0) is 21.3. The van der Waals surface area contributed by atoms with Gasteiger partial charge in [-0.05, 0) is 64.6 Å². The fourth-order valence-electron chi connectivity index (χ4n) is 4.99. The second-order valence-electron chi connectivity index (χ2n) is 9.50. The number of carbonyl (C=O) groups is 2. The lowest BCUT2D eigenvalue weighted by Gasteiger charge is -2.48. The summed E-state index contributed by atoms with van der Waals surface area (Å²) in [6.07, 6.45) is 4.44. The normalized spacial score (nSPS) is 27.3. The Bertz CT molecular complexity index is 802. The van der Waals surface area contributed by atoms with Gasteiger partial charge in [0.05, 0.1) is 12.6 Å². The number of amides is 2. The molecule has 1 saturated heterocycles. The standard InChI is InChI=1S/C23H32N4O2/c1-21(2,16-24)25-19(28)15-27-17-22(14-20(27)29)10-12-23(13-11-22,26(3)4)18-8-6-5-7-9-18/h5-9H,10-15,17H2,1-4H3,(H,25,28)/t22-,23-. The van der Waals surface area contributed by atoms with E-state index in [0.29, 0.717) is 13.0 Å². The summed E-state index contributed by atoms with van der Waals surface area (Å²) in [6, 6.07) is 12.7. The number of hydrogen-bond donors (Lipinski definition) is 1. The number of nitriles is 1. The summed E-state index contributed by atoms with van der Waals surface area (Å²) >= 11 is 0. The Hall–Kier alpha value is -2.39. The fourth-order valence-corrected chi connectivity index (χ4v) is 4.99. The zero-order valence-electron chi connectivity index (χ0n) is 18.0. The largest absolute Gasteiger partial charge is 0.337 e. The van der Waals surface area contributed by atoms with Crippen molar-refractivity contribution in [3.63, 3.8) is 0 Å². The molecule has 0 atom stereocenters. The van der Waals surface area contributed by atoms with Crippen molar-refractivity contribution in [1.29, 1.82) is 5.26 Å². The number of hydrogen-bond acceptors (Lipinski definition) is 4. The number of carbonyl (C=O) groups excluding carboxylic acids is 2. The van der Waals surface area contributed by atoms with E-state index in [1.54, 1.807) is 18.7 Å². The summed E-state index contributed by atoms with van der Waals surface area (Å²) in [5.74, 6) is -0.225. The van der Waals surface area contributed by atoms with E-state index in [2.05, 4.69) is 54.6 Å². The van der Waals surface area contributed by atoms with Gasteiger partial charge in [0, 0.05) is 18.5 Å². The van der Waals surface area contributed by atoms with Gasteiger partial charge in [-0.3, -0.25) is 14.5 Å². The van der Waals surface area contributed by atoms with Gasteiger partial charge in [0.15, 0.2) is 0 Å². The van der Waals surface area contributed by atoms with Gasteiger partial charge in [-0.15, -0.1) is 0 Å². The topological polar surface area (TPSA) is 76.4 Å². The highest BCUT2D eigenvalue weighted by Crippen LogP contribution is 2.52. The molecule has 1 heterocycles. The van der Waals surface area contributed by atoms with Gasteiger partial charge in [-0.25, -0.2) is 0 Å². The third kappa shape index (κ3) is 4.30. The summed E-state index contributed by atoms with van der Waals surface area (Å²) in [7, 11) is 4.27. The van der Waals surface area contributed by atoms with E-state index in [1.165, 1.54) is 5.56 Å². The zero-order valence-corrected chi connectivity index (χ0v) is 18.0. The maximum Gasteiger partial charge on any atom is 0.240 e. The molecule has 1 aromatic rings. The van der Waals surface area contributed by atoms with Crippen molar-refractivity contribution in [1.82, 2.24) is 15.1 Å². The van der Waals surface area contributed by atoms with Crippen LogP contribution in [0, 0.1) is 16.7 Å². The van der Waals surface area contributed by atoms with Crippen molar-refractivity contribution in [3.05, 3.63) is 35.9 Å². The van der Waals surface area contributed by atoms with Crippen LogP contribution in [0.25, 0.3) is 0 Å². The van der Waals surface area contributed by atoms with Crippen LogP contribution in [-0.4, -0.2) is 54.3 Å². The molecule has 29 heavy (non-hydrogen) atoms. The van der Waals surface area contributed by atoms with Gasteiger partial charge in [0.1, 0.15) is 5.54 Å². The quantitative estimate of drug-likeness (QED) is 0.830. The van der Waals surface area contributed by atoms with Crippen LogP contribution in [0.5, 0.6) is 0 Å². The van der Waals surface area contributed by atoms with Crippen molar-refractivity contribution in [2.24, 2.45) is 5.41 Å². The van der Waals surface area contributed by atoms with E-state index in [-0.39, 0.29) is 29.3 Å². The van der Waals surface area contributed by atoms with E-state index in [9.17, 15) is 9.59 Å². The lowest BCUT2D eigenvalue weighted by Crippen LogP contribution is -2.48. The average molecular weight is 397 g/mol. The maximum absolute atomic E-state index is 12.7. The minimum absolute atomic E-state index is 0.00281. The molecule has 0 unspecified atom stereocenters. The summed E-state index contributed by atoms with van der Waals surface area (Å²) < 4.78 is 0. The highest BCUT2D eigenvalue weighted by atomic mass is 16.2. The lowest BCUT2D eigenvalue weighted by atomic mass is 9.64. The summed E-state index contributed by atoms with van der Waals surface area (Å²) in [5.41, 5.74) is 0.357. The highest BCUT2D eigenvalue weighted by Gasteiger charge is 2.50. The molecular weight excluding hydrogens is 364 g/mol. The molecule has 2 amide bonds. The number of nitrogens with one attached hydrogen (secondary N) is 1. The van der Waals surface area contributed by atoms with Crippen LogP contribution in [0.15, 0.2) is 30.3 Å². The Balaban J connectivity index is 1.67. The summed E-state index contributed by atoms with van der Waals surface area (Å²) in [4.78, 5) is 29.0. The molecule has 6 nitrogen and oxygen atoms in total. The summed E-state index contributed by atoms with van der Waals surface area (Å²) in [6.45, 7) is 3.97. The van der Waals surface area contributed by atoms with Crippen molar-refractivity contribution in [3.8, 4) is 6.07 Å². The van der Waals surface area contributed by atoms with E-state index < -0.39 is 5.54 Å². The monoisotopic (exact) mass is 396 g/mol. The third-order valence-corrected chi connectivity index (χ3v) is 6.78. The number of benzene rings is 1. The van der Waals surface area contributed by atoms with Crippen LogP contribution in [0.4, 0.5) is 0 Å². The molecular formula is C23H32N4O2. The molecule has 1 spiro atoms. The molecule has 156 valence electrons. The van der Waals surface area contributed by atoms with E-state index in [4.69, 9.17) is 5.26 Å². The van der Waals surface area contributed by atoms with Crippen molar-refractivity contribution < 1.29 is 9.59 Å². The minimum atomic E-state index is -0.927. The Morgan fingerprint density at radius 2 is 1.83 bits per heavy atom. The predicted octanol–water partition coefficient (Wildman–Crippen LogP) is 2.65. The molecule has 0 radical (unpaired) electrons. The number of likely N-dealkylation sites (tertiary alicyclic amines) is 1. The molecule has 3 rings (SSSR count). The minimum Gasteiger partial charge on any atom is -0.337 e. The first kappa shape index (κ1) is 21.3. The highest BCUT2D eigenvalue weighted by molar-refractivity contribution is 5.87. The lowest BCUT2D eigenvalue weighted by molar-refractivity contribution is -0.133. The maximum atomic E-state index is 12.7. The SMILES string of the molecule is CN(C)[C@]1(c2ccccc2)CC[C@@]2(CC1)CC(=O)N(CC(=O)NC(C)(C)C#N)C2. The van der Waals surface area contributed by atoms with Gasteiger partial charge in [0.25, 0.3) is 0 Å². The van der Waals surface area contributed by atoms with Crippen LogP contribution >= 0.6 is 0 Å². The Morgan fingerprint density at radius 3 is 2.38 bits per heavy atom. The molecule has 2 fully saturated rings. The van der Waals surface area contributed by atoms with Crippen LogP contribution in [-0.2, 0) is 15.1 Å². The van der Waals surface area contributed by atoms with Gasteiger partial charge in [-0.2, -0.15) is 5.26 Å². The molecule has 2 aliphatic rings. The second-order valence-corrected chi connectivity index (χ2v) is 9.50. The molecule has 1 aliphatic carbocycles. The van der Waals surface area contributed by atoms with Crippen molar-refractivity contribution >= 4 is 11.8 Å². The Morgan fingerprint density at radius 1 is 1.21 bits per heavy atom. The first-order valence-corrected chi connectivity index (χ1v) is 10.3. The molecule has 0 bridgehead atoms. The van der Waals surface area contributed by atoms with Crippen molar-refractivity contribution in [2.75, 3.05) is 27.2 Å². The first-order valence-electron chi connectivity index (χ1n) is 10.3. The van der Waals surface area contributed by atoms with Gasteiger partial charge < -0.3 is 10.2 Å². The third-order valence-electron chi connectivity index (χ3n) is 6.78. The molecule has 1 aromatic carbocycles. The van der Waals surface area contributed by atoms with Gasteiger partial charge >= 0.3 is 0 Å². The van der Waals surface area contributed by atoms with Crippen LogP contribution in [0.1, 0.15) is 51.5 Å². The number of nitrogens with zero attached hydrogens (tertiary/aromatic N) is 3. The molecule has 1 N–H and O–H groups in total. The summed E-state index contributed by atoms with van der Waals surface area (Å²) in [5, 5.41) is 11.8. The first-order chi connectivity index (χ1) is 13.6. The predicted molar refractivity (Wildman–Crippen MR) is 112 cm³/mol. The van der Waals surface area contributed by atoms with Crippen LogP contribution in [0.3, 0.4) is 0 Å². The Kier molecular flexibility index (Phi) is 5.73. The molecule has 1 saturated carbocycles. The van der Waals surface area contributed by atoms with E-state index >= 15 is 0 Å². The van der Waals surface area contributed by atoms with E-state index in [1.807, 2.05) is 6.07 Å². The molecule has 1 aliphatic heterocycles. The van der Waals surface area contributed by atoms with E-state index in [0.717, 1.165) is 25.7 Å². The molecule has 6 heteroatoms. The Labute approximate surface area is 173 Å². The van der Waals surface area contributed by atoms with Gasteiger partial charge in [0.2, 0.25) is 11.8 Å². The molecule has 0 aromatic heterocycles. The fraction of sp³-hybridized carbons (Fsp3) is 0.609. The van der Waals surface area contributed by atoms with Crippen molar-refractivity contribution in [2.45, 2.75) is 57.0 Å².